The van der Waals surface area contributed by atoms with Gasteiger partial charge in [0, 0.05) is 10.6 Å². The van der Waals surface area contributed by atoms with Crippen LogP contribution >= 0.6 is 11.8 Å². The minimum Gasteiger partial charge on any atom is -0.497 e. The van der Waals surface area contributed by atoms with Crippen LogP contribution in [0, 0.1) is 0 Å². The molecular formula is C15H16O2S. The summed E-state index contributed by atoms with van der Waals surface area (Å²) in [5.41, 5.74) is 1.26. The first-order valence-electron chi connectivity index (χ1n) is 5.71. The average Bonchev–Trinajstić information content (AvgIpc) is 2.46. The number of hydrogen-bond acceptors (Lipinski definition) is 3. The Morgan fingerprint density at radius 3 is 2.28 bits per heavy atom. The van der Waals surface area contributed by atoms with E-state index in [4.69, 9.17) is 9.47 Å². The van der Waals surface area contributed by atoms with Gasteiger partial charge in [-0.3, -0.25) is 0 Å². The van der Waals surface area contributed by atoms with Gasteiger partial charge in [-0.25, -0.2) is 0 Å². The summed E-state index contributed by atoms with van der Waals surface area (Å²) >= 11 is 1.80. The van der Waals surface area contributed by atoms with Crippen LogP contribution in [-0.2, 0) is 5.75 Å². The second-order valence-electron chi connectivity index (χ2n) is 3.82. The lowest BCUT2D eigenvalue weighted by Gasteiger charge is -2.05. The van der Waals surface area contributed by atoms with Gasteiger partial charge >= 0.3 is 0 Å². The standard InChI is InChI=1S/C15H16O2S/c1-16-13-6-8-15(9-7-13)18-11-12-4-3-5-14(10-12)17-2/h3-10H,11H2,1-2H3. The fourth-order valence-electron chi connectivity index (χ4n) is 1.60. The maximum Gasteiger partial charge on any atom is 0.119 e. The molecule has 0 radical (unpaired) electrons. The van der Waals surface area contributed by atoms with E-state index >= 15 is 0 Å². The molecule has 2 aromatic carbocycles. The van der Waals surface area contributed by atoms with Gasteiger partial charge in [0.2, 0.25) is 0 Å². The van der Waals surface area contributed by atoms with Crippen molar-refractivity contribution >= 4 is 11.8 Å². The van der Waals surface area contributed by atoms with Gasteiger partial charge < -0.3 is 9.47 Å². The number of methoxy groups -OCH3 is 2. The molecular weight excluding hydrogens is 244 g/mol. The molecule has 0 fully saturated rings. The molecule has 2 aromatic rings. The molecule has 0 saturated heterocycles. The summed E-state index contributed by atoms with van der Waals surface area (Å²) in [6.07, 6.45) is 0. The third kappa shape index (κ3) is 3.44. The molecule has 0 aromatic heterocycles. The Morgan fingerprint density at radius 1 is 0.889 bits per heavy atom. The van der Waals surface area contributed by atoms with Crippen molar-refractivity contribution in [2.24, 2.45) is 0 Å². The molecule has 0 unspecified atom stereocenters. The predicted molar refractivity (Wildman–Crippen MR) is 75.5 cm³/mol. The molecule has 0 saturated carbocycles. The molecule has 0 aliphatic carbocycles. The molecule has 0 spiro atoms. The van der Waals surface area contributed by atoms with Crippen LogP contribution in [0.3, 0.4) is 0 Å². The van der Waals surface area contributed by atoms with Crippen LogP contribution in [-0.4, -0.2) is 14.2 Å². The number of hydrogen-bond donors (Lipinski definition) is 0. The highest BCUT2D eigenvalue weighted by atomic mass is 32.2. The third-order valence-corrected chi connectivity index (χ3v) is 3.68. The first-order valence-corrected chi connectivity index (χ1v) is 6.70. The Bertz CT molecular complexity index is 494. The van der Waals surface area contributed by atoms with E-state index in [1.54, 1.807) is 26.0 Å². The van der Waals surface area contributed by atoms with Crippen LogP contribution in [0.5, 0.6) is 11.5 Å². The highest BCUT2D eigenvalue weighted by Gasteiger charge is 1.99. The molecule has 0 atom stereocenters. The van der Waals surface area contributed by atoms with Crippen molar-refractivity contribution < 1.29 is 9.47 Å². The van der Waals surface area contributed by atoms with Crippen LogP contribution in [0.15, 0.2) is 53.4 Å². The zero-order valence-electron chi connectivity index (χ0n) is 10.6. The van der Waals surface area contributed by atoms with Crippen LogP contribution < -0.4 is 9.47 Å². The molecule has 0 aliphatic rings. The van der Waals surface area contributed by atoms with E-state index in [-0.39, 0.29) is 0 Å². The van der Waals surface area contributed by atoms with Crippen molar-refractivity contribution in [3.63, 3.8) is 0 Å². The van der Waals surface area contributed by atoms with Crippen LogP contribution in [0.4, 0.5) is 0 Å². The van der Waals surface area contributed by atoms with Crippen molar-refractivity contribution in [2.75, 3.05) is 14.2 Å². The number of thioether (sulfide) groups is 1. The van der Waals surface area contributed by atoms with Crippen molar-refractivity contribution in [1.82, 2.24) is 0 Å². The lowest BCUT2D eigenvalue weighted by molar-refractivity contribution is 0.414. The lowest BCUT2D eigenvalue weighted by Crippen LogP contribution is -1.86. The Labute approximate surface area is 112 Å². The molecule has 3 heteroatoms. The largest absolute Gasteiger partial charge is 0.497 e. The summed E-state index contributed by atoms with van der Waals surface area (Å²) in [6.45, 7) is 0. The van der Waals surface area contributed by atoms with Crippen molar-refractivity contribution in [2.45, 2.75) is 10.6 Å². The van der Waals surface area contributed by atoms with Gasteiger partial charge in [0.15, 0.2) is 0 Å². The Balaban J connectivity index is 1.97. The molecule has 0 heterocycles. The molecule has 0 N–H and O–H groups in total. The number of ether oxygens (including phenoxy) is 2. The van der Waals surface area contributed by atoms with Gasteiger partial charge in [-0.1, -0.05) is 12.1 Å². The van der Waals surface area contributed by atoms with E-state index in [1.165, 1.54) is 10.5 Å². The summed E-state index contributed by atoms with van der Waals surface area (Å²) < 4.78 is 10.3. The summed E-state index contributed by atoms with van der Waals surface area (Å²) in [7, 11) is 3.37. The van der Waals surface area contributed by atoms with E-state index < -0.39 is 0 Å². The summed E-state index contributed by atoms with van der Waals surface area (Å²) in [5.74, 6) is 2.73. The van der Waals surface area contributed by atoms with Gasteiger partial charge in [-0.15, -0.1) is 11.8 Å². The van der Waals surface area contributed by atoms with E-state index in [2.05, 4.69) is 24.3 Å². The highest BCUT2D eigenvalue weighted by molar-refractivity contribution is 7.98. The number of rotatable bonds is 5. The quantitative estimate of drug-likeness (QED) is 0.757. The highest BCUT2D eigenvalue weighted by Crippen LogP contribution is 2.26. The van der Waals surface area contributed by atoms with Crippen molar-refractivity contribution in [3.8, 4) is 11.5 Å². The maximum atomic E-state index is 5.21. The van der Waals surface area contributed by atoms with Gasteiger partial charge in [-0.2, -0.15) is 0 Å². The molecule has 0 aliphatic heterocycles. The van der Waals surface area contributed by atoms with Crippen LogP contribution in [0.1, 0.15) is 5.56 Å². The normalized spacial score (nSPS) is 10.1. The summed E-state index contributed by atoms with van der Waals surface area (Å²) in [6, 6.07) is 16.3. The van der Waals surface area contributed by atoms with E-state index in [9.17, 15) is 0 Å². The van der Waals surface area contributed by atoms with Gasteiger partial charge in [0.1, 0.15) is 11.5 Å². The molecule has 0 bridgehead atoms. The molecule has 2 nitrogen and oxygen atoms in total. The fourth-order valence-corrected chi connectivity index (χ4v) is 2.44. The van der Waals surface area contributed by atoms with E-state index in [0.29, 0.717) is 0 Å². The summed E-state index contributed by atoms with van der Waals surface area (Å²) in [4.78, 5) is 1.23. The first-order chi connectivity index (χ1) is 8.81. The average molecular weight is 260 g/mol. The Kier molecular flexibility index (Phi) is 4.53. The molecule has 0 amide bonds. The molecule has 18 heavy (non-hydrogen) atoms. The zero-order valence-corrected chi connectivity index (χ0v) is 11.4. The second-order valence-corrected chi connectivity index (χ2v) is 4.86. The minimum atomic E-state index is 0.890. The van der Waals surface area contributed by atoms with Crippen molar-refractivity contribution in [3.05, 3.63) is 54.1 Å². The second kappa shape index (κ2) is 6.36. The maximum absolute atomic E-state index is 5.21. The smallest absolute Gasteiger partial charge is 0.119 e. The monoisotopic (exact) mass is 260 g/mol. The van der Waals surface area contributed by atoms with E-state index in [0.717, 1.165) is 17.3 Å². The lowest BCUT2D eigenvalue weighted by atomic mass is 10.2. The molecule has 2 rings (SSSR count). The predicted octanol–water partition coefficient (Wildman–Crippen LogP) is 4.00. The van der Waals surface area contributed by atoms with Crippen molar-refractivity contribution in [1.29, 1.82) is 0 Å². The SMILES string of the molecule is COc1ccc(SCc2cccc(OC)c2)cc1. The fraction of sp³-hybridized carbons (Fsp3) is 0.200. The van der Waals surface area contributed by atoms with Crippen LogP contribution in [0.25, 0.3) is 0 Å². The van der Waals surface area contributed by atoms with Gasteiger partial charge in [0.05, 0.1) is 14.2 Å². The topological polar surface area (TPSA) is 18.5 Å². The summed E-state index contributed by atoms with van der Waals surface area (Å²) in [5, 5.41) is 0. The zero-order chi connectivity index (χ0) is 12.8. The molecule has 94 valence electrons. The van der Waals surface area contributed by atoms with E-state index in [1.807, 2.05) is 24.3 Å². The van der Waals surface area contributed by atoms with Gasteiger partial charge in [-0.05, 0) is 42.0 Å². The number of benzene rings is 2. The third-order valence-electron chi connectivity index (χ3n) is 2.60. The van der Waals surface area contributed by atoms with Gasteiger partial charge in [0.25, 0.3) is 0 Å². The first kappa shape index (κ1) is 12.8. The van der Waals surface area contributed by atoms with Crippen LogP contribution in [0.2, 0.25) is 0 Å². The Morgan fingerprint density at radius 2 is 1.61 bits per heavy atom. The minimum absolute atomic E-state index is 0.890. The Hall–Kier alpha value is -1.61.